The van der Waals surface area contributed by atoms with E-state index in [2.05, 4.69) is 14.8 Å². The van der Waals surface area contributed by atoms with E-state index >= 15 is 0 Å². The van der Waals surface area contributed by atoms with Crippen molar-refractivity contribution in [2.45, 2.75) is 69.1 Å². The maximum absolute atomic E-state index is 13.7. The predicted octanol–water partition coefficient (Wildman–Crippen LogP) is 5.01. The SMILES string of the molecule is CC1(C)CC(CCCN)CN1c1nc(-n2ccc(OCCC3(C(F)(F)F)CC3)n2)ccc1C(=O)NS(=N)(=O)c1cccc(F)n1. The molecule has 1 saturated heterocycles. The third-order valence-electron chi connectivity index (χ3n) is 8.44. The second kappa shape index (κ2) is 12.2. The number of pyridine rings is 2. The summed E-state index contributed by atoms with van der Waals surface area (Å²) in [5, 5.41) is 3.89. The number of aromatic nitrogens is 4. The van der Waals surface area contributed by atoms with Crippen LogP contribution in [0, 0.1) is 22.1 Å². The van der Waals surface area contributed by atoms with E-state index in [0.29, 0.717) is 18.9 Å². The number of carbonyl (C=O) groups is 1. The van der Waals surface area contributed by atoms with E-state index in [0.717, 1.165) is 25.3 Å². The highest BCUT2D eigenvalue weighted by atomic mass is 32.2. The van der Waals surface area contributed by atoms with Gasteiger partial charge in [-0.2, -0.15) is 17.6 Å². The Morgan fingerprint density at radius 2 is 1.96 bits per heavy atom. The topological polar surface area (TPSA) is 152 Å². The number of alkyl halides is 3. The molecule has 45 heavy (non-hydrogen) atoms. The van der Waals surface area contributed by atoms with Crippen LogP contribution in [0.3, 0.4) is 0 Å². The van der Waals surface area contributed by atoms with E-state index in [-0.39, 0.29) is 49.0 Å². The van der Waals surface area contributed by atoms with Gasteiger partial charge in [0.25, 0.3) is 5.91 Å². The molecule has 4 heterocycles. The molecular weight excluding hydrogens is 616 g/mol. The second-order valence-corrected chi connectivity index (χ2v) is 14.0. The predicted molar refractivity (Wildman–Crippen MR) is 158 cm³/mol. The van der Waals surface area contributed by atoms with E-state index in [1.54, 1.807) is 6.20 Å². The number of nitrogens with one attached hydrogen (secondary N) is 2. The zero-order valence-corrected chi connectivity index (χ0v) is 25.8. The van der Waals surface area contributed by atoms with Crippen LogP contribution in [0.15, 0.2) is 47.6 Å². The number of amides is 1. The van der Waals surface area contributed by atoms with Gasteiger partial charge in [0, 0.05) is 24.3 Å². The quantitative estimate of drug-likeness (QED) is 0.183. The monoisotopic (exact) mass is 652 g/mol. The zero-order chi connectivity index (χ0) is 32.6. The highest BCUT2D eigenvalue weighted by molar-refractivity contribution is 7.91. The molecule has 0 bridgehead atoms. The summed E-state index contributed by atoms with van der Waals surface area (Å²) in [5.41, 5.74) is 3.65. The number of ether oxygens (including phenoxy) is 1. The number of nitrogens with zero attached hydrogens (tertiary/aromatic N) is 5. The van der Waals surface area contributed by atoms with Crippen molar-refractivity contribution in [3.63, 3.8) is 0 Å². The number of nitrogens with two attached hydrogens (primary N) is 1. The Hall–Kier alpha value is -3.79. The Labute approximate surface area is 258 Å². The molecule has 11 nitrogen and oxygen atoms in total. The average molecular weight is 653 g/mol. The third kappa shape index (κ3) is 7.06. The Balaban J connectivity index is 1.42. The van der Waals surface area contributed by atoms with Crippen LogP contribution in [0.5, 0.6) is 5.88 Å². The lowest BCUT2D eigenvalue weighted by Crippen LogP contribution is -2.41. The van der Waals surface area contributed by atoms with Crippen LogP contribution in [-0.4, -0.2) is 61.3 Å². The van der Waals surface area contributed by atoms with Crippen LogP contribution in [0.4, 0.5) is 23.4 Å². The number of hydrogen-bond acceptors (Lipinski definition) is 9. The summed E-state index contributed by atoms with van der Waals surface area (Å²) >= 11 is 0. The molecule has 2 aliphatic rings. The van der Waals surface area contributed by atoms with Crippen molar-refractivity contribution in [2.24, 2.45) is 17.1 Å². The molecule has 4 N–H and O–H groups in total. The third-order valence-corrected chi connectivity index (χ3v) is 9.73. The van der Waals surface area contributed by atoms with Crippen molar-refractivity contribution in [3.05, 3.63) is 54.1 Å². The van der Waals surface area contributed by atoms with Gasteiger partial charge in [-0.1, -0.05) is 6.07 Å². The number of halogens is 4. The Kier molecular flexibility index (Phi) is 8.83. The fraction of sp³-hybridized carbons (Fsp3) is 0.517. The first-order valence-electron chi connectivity index (χ1n) is 14.6. The van der Waals surface area contributed by atoms with Crippen LogP contribution in [0.1, 0.15) is 62.7 Å². The molecule has 3 aromatic rings. The van der Waals surface area contributed by atoms with Gasteiger partial charge >= 0.3 is 6.18 Å². The van der Waals surface area contributed by atoms with Gasteiger partial charge in [-0.15, -0.1) is 5.10 Å². The molecule has 2 atom stereocenters. The summed E-state index contributed by atoms with van der Waals surface area (Å²) in [6.07, 6.45) is -0.197. The summed E-state index contributed by atoms with van der Waals surface area (Å²) < 4.78 is 84.0. The van der Waals surface area contributed by atoms with E-state index < -0.39 is 43.9 Å². The molecule has 1 aliphatic carbocycles. The average Bonchev–Trinajstić information content (AvgIpc) is 3.52. The van der Waals surface area contributed by atoms with Crippen LogP contribution in [0.25, 0.3) is 5.82 Å². The van der Waals surface area contributed by atoms with Crippen LogP contribution in [0.2, 0.25) is 0 Å². The minimum atomic E-state index is -4.27. The Morgan fingerprint density at radius 1 is 1.20 bits per heavy atom. The number of rotatable bonds is 12. The lowest BCUT2D eigenvalue weighted by molar-refractivity contribution is -0.190. The zero-order valence-electron chi connectivity index (χ0n) is 24.9. The molecule has 3 aromatic heterocycles. The van der Waals surface area contributed by atoms with E-state index in [9.17, 15) is 26.6 Å². The standard InChI is InChI=1S/C29H36F4N8O3S/c1-27(2)17-19(5-4-14-34)18-40(27)25-20(26(42)39-45(35,43)24-7-3-6-21(30)36-24)8-9-22(37-25)41-15-10-23(38-41)44-16-13-28(11-12-28)29(31,32)33/h3,6-10,15,19H,4-5,11-14,16-18,34H2,1-2H3,(H2,35,39,42,43). The van der Waals surface area contributed by atoms with Gasteiger partial charge in [-0.3, -0.25) is 9.52 Å². The van der Waals surface area contributed by atoms with E-state index in [1.165, 1.54) is 35.0 Å². The maximum atomic E-state index is 13.7. The molecule has 0 spiro atoms. The smallest absolute Gasteiger partial charge is 0.394 e. The maximum Gasteiger partial charge on any atom is 0.394 e. The largest absolute Gasteiger partial charge is 0.477 e. The number of carbonyl (C=O) groups excluding carboxylic acids is 1. The second-order valence-electron chi connectivity index (χ2n) is 12.2. The molecule has 2 fully saturated rings. The molecule has 244 valence electrons. The highest BCUT2D eigenvalue weighted by Gasteiger charge is 2.62. The summed E-state index contributed by atoms with van der Waals surface area (Å²) in [5.74, 6) is -0.863. The fourth-order valence-corrected chi connectivity index (χ4v) is 6.75. The molecule has 0 radical (unpaired) electrons. The summed E-state index contributed by atoms with van der Waals surface area (Å²) in [4.78, 5) is 23.8. The van der Waals surface area contributed by atoms with Crippen molar-refractivity contribution in [1.29, 1.82) is 4.78 Å². The summed E-state index contributed by atoms with van der Waals surface area (Å²) in [6.45, 7) is 4.99. The van der Waals surface area contributed by atoms with E-state index in [1.807, 2.05) is 18.7 Å². The first-order valence-corrected chi connectivity index (χ1v) is 16.2. The number of hydrogen-bond donors (Lipinski definition) is 3. The fourth-order valence-electron chi connectivity index (χ4n) is 5.78. The van der Waals surface area contributed by atoms with Gasteiger partial charge in [0.2, 0.25) is 11.8 Å². The van der Waals surface area contributed by atoms with Crippen molar-refractivity contribution in [1.82, 2.24) is 24.5 Å². The lowest BCUT2D eigenvalue weighted by Gasteiger charge is -2.34. The van der Waals surface area contributed by atoms with Gasteiger partial charge in [0.1, 0.15) is 5.82 Å². The van der Waals surface area contributed by atoms with Gasteiger partial charge in [-0.25, -0.2) is 23.6 Å². The van der Waals surface area contributed by atoms with E-state index in [4.69, 9.17) is 20.2 Å². The molecule has 1 amide bonds. The lowest BCUT2D eigenvalue weighted by atomic mass is 9.93. The summed E-state index contributed by atoms with van der Waals surface area (Å²) in [7, 11) is -4.02. The van der Waals surface area contributed by atoms with Crippen molar-refractivity contribution in [2.75, 3.05) is 24.6 Å². The molecule has 5 rings (SSSR count). The summed E-state index contributed by atoms with van der Waals surface area (Å²) in [6, 6.07) is 7.95. The van der Waals surface area contributed by atoms with Crippen LogP contribution >= 0.6 is 0 Å². The van der Waals surface area contributed by atoms with Crippen LogP contribution in [-0.2, 0) is 9.92 Å². The van der Waals surface area contributed by atoms with Gasteiger partial charge in [-0.05, 0) is 89.1 Å². The van der Waals surface area contributed by atoms with Gasteiger partial charge in [0.05, 0.1) is 17.6 Å². The molecule has 16 heteroatoms. The highest BCUT2D eigenvalue weighted by Crippen LogP contribution is 2.59. The molecule has 1 saturated carbocycles. The first kappa shape index (κ1) is 32.6. The minimum absolute atomic E-state index is 0.0354. The van der Waals surface area contributed by atoms with Crippen LogP contribution < -0.4 is 20.1 Å². The van der Waals surface area contributed by atoms with Crippen molar-refractivity contribution >= 4 is 21.6 Å². The van der Waals surface area contributed by atoms with Gasteiger partial charge < -0.3 is 15.4 Å². The normalized spacial score (nSPS) is 20.1. The molecule has 1 aliphatic heterocycles. The number of anilines is 1. The Bertz CT molecular complexity index is 1660. The van der Waals surface area contributed by atoms with Crippen molar-refractivity contribution in [3.8, 4) is 11.7 Å². The minimum Gasteiger partial charge on any atom is -0.477 e. The first-order chi connectivity index (χ1) is 21.1. The molecule has 2 unspecified atom stereocenters. The van der Waals surface area contributed by atoms with Gasteiger partial charge in [0.15, 0.2) is 20.8 Å². The van der Waals surface area contributed by atoms with Crippen molar-refractivity contribution < 1.29 is 31.3 Å². The Morgan fingerprint density at radius 3 is 2.62 bits per heavy atom. The molecular formula is C29H36F4N8O3S. The molecule has 0 aromatic carbocycles.